The maximum absolute atomic E-state index is 12.3. The minimum atomic E-state index is -0.560. The predicted molar refractivity (Wildman–Crippen MR) is 102 cm³/mol. The molecule has 0 saturated heterocycles. The first-order chi connectivity index (χ1) is 13.5. The van der Waals surface area contributed by atoms with Gasteiger partial charge in [-0.15, -0.1) is 10.2 Å². The van der Waals surface area contributed by atoms with E-state index < -0.39 is 5.91 Å². The van der Waals surface area contributed by atoms with Crippen molar-refractivity contribution in [2.24, 2.45) is 7.05 Å². The highest BCUT2D eigenvalue weighted by Crippen LogP contribution is 2.37. The smallest absolute Gasteiger partial charge is 0.297 e. The van der Waals surface area contributed by atoms with Gasteiger partial charge in [-0.05, 0) is 19.1 Å². The third-order valence-corrected chi connectivity index (χ3v) is 3.80. The van der Waals surface area contributed by atoms with Crippen LogP contribution in [0.15, 0.2) is 30.6 Å². The molecule has 11 heteroatoms. The van der Waals surface area contributed by atoms with E-state index >= 15 is 0 Å². The van der Waals surface area contributed by atoms with Gasteiger partial charge in [-0.1, -0.05) is 17.7 Å². The number of carbonyl (C=O) groups excluding carboxylic acids is 1. The second kappa shape index (κ2) is 8.63. The molecule has 146 valence electrons. The summed E-state index contributed by atoms with van der Waals surface area (Å²) >= 11 is 5.97. The van der Waals surface area contributed by atoms with Crippen LogP contribution in [0.5, 0.6) is 5.75 Å². The number of rotatable bonds is 7. The lowest BCUT2D eigenvalue weighted by atomic mass is 10.1. The van der Waals surface area contributed by atoms with Gasteiger partial charge in [-0.3, -0.25) is 14.3 Å². The molecule has 2 heterocycles. The molecule has 0 aliphatic rings. The van der Waals surface area contributed by atoms with Gasteiger partial charge in [0.1, 0.15) is 6.33 Å². The van der Waals surface area contributed by atoms with Crippen molar-refractivity contribution in [1.29, 1.82) is 0 Å². The van der Waals surface area contributed by atoms with Crippen LogP contribution in [0.1, 0.15) is 17.4 Å². The monoisotopic (exact) mass is 403 g/mol. The van der Waals surface area contributed by atoms with E-state index in [1.54, 1.807) is 31.0 Å². The summed E-state index contributed by atoms with van der Waals surface area (Å²) in [6.45, 7) is 2.05. The number of amides is 1. The zero-order valence-corrected chi connectivity index (χ0v) is 16.2. The molecule has 0 saturated carbocycles. The summed E-state index contributed by atoms with van der Waals surface area (Å²) in [6.07, 6.45) is 1.59. The number of hydrogen-bond acceptors (Lipinski definition) is 8. The highest BCUT2D eigenvalue weighted by atomic mass is 35.5. The largest absolute Gasteiger partial charge is 0.494 e. The summed E-state index contributed by atoms with van der Waals surface area (Å²) in [5.41, 5.74) is 3.89. The summed E-state index contributed by atoms with van der Waals surface area (Å²) < 4.78 is 7.16. The van der Waals surface area contributed by atoms with Gasteiger partial charge in [0.25, 0.3) is 5.91 Å². The summed E-state index contributed by atoms with van der Waals surface area (Å²) in [4.78, 5) is 21.5. The molecule has 3 aromatic rings. The van der Waals surface area contributed by atoms with E-state index in [9.17, 15) is 4.79 Å². The number of aromatic nitrogens is 5. The van der Waals surface area contributed by atoms with E-state index in [4.69, 9.17) is 21.2 Å². The van der Waals surface area contributed by atoms with Crippen LogP contribution in [0.3, 0.4) is 0 Å². The minimum absolute atomic E-state index is 0.0151. The summed E-state index contributed by atoms with van der Waals surface area (Å²) in [5, 5.41) is 15.1. The van der Waals surface area contributed by atoms with Crippen LogP contribution in [-0.4, -0.2) is 44.6 Å². The number of nitrogens with one attached hydrogen (secondary N) is 2. The molecular formula is C17H18ClN7O3. The Labute approximate surface area is 165 Å². The molecule has 0 atom stereocenters. The SMILES string of the molecule is CCONC(=O)c1nnc(Cl)cc1Nc1cccc(-c2ncn(C)n2)c1OC. The van der Waals surface area contributed by atoms with Gasteiger partial charge in [-0.25, -0.2) is 10.5 Å². The zero-order chi connectivity index (χ0) is 20.1. The predicted octanol–water partition coefficient (Wildman–Crippen LogP) is 2.36. The van der Waals surface area contributed by atoms with Crippen molar-refractivity contribution in [2.75, 3.05) is 19.0 Å². The molecule has 0 fully saturated rings. The van der Waals surface area contributed by atoms with Crippen molar-refractivity contribution in [3.63, 3.8) is 0 Å². The normalized spacial score (nSPS) is 10.6. The number of hydrogen-bond donors (Lipinski definition) is 2. The highest BCUT2D eigenvalue weighted by molar-refractivity contribution is 6.29. The third kappa shape index (κ3) is 4.18. The topological polar surface area (TPSA) is 116 Å². The number of halogens is 1. The molecule has 0 bridgehead atoms. The number of aryl methyl sites for hydroxylation is 1. The van der Waals surface area contributed by atoms with E-state index in [0.717, 1.165) is 0 Å². The van der Waals surface area contributed by atoms with Gasteiger partial charge in [0.2, 0.25) is 0 Å². The van der Waals surface area contributed by atoms with Gasteiger partial charge in [0.15, 0.2) is 22.4 Å². The lowest BCUT2D eigenvalue weighted by Crippen LogP contribution is -2.25. The van der Waals surface area contributed by atoms with Crippen molar-refractivity contribution in [2.45, 2.75) is 6.92 Å². The number of anilines is 2. The quantitative estimate of drug-likeness (QED) is 0.577. The van der Waals surface area contributed by atoms with Gasteiger partial charge in [0.05, 0.1) is 30.7 Å². The Morgan fingerprint density at radius 1 is 1.29 bits per heavy atom. The number of ether oxygens (including phenoxy) is 1. The van der Waals surface area contributed by atoms with E-state index in [1.807, 2.05) is 12.1 Å². The van der Waals surface area contributed by atoms with Gasteiger partial charge < -0.3 is 10.1 Å². The van der Waals surface area contributed by atoms with Crippen LogP contribution < -0.4 is 15.5 Å². The minimum Gasteiger partial charge on any atom is -0.494 e. The number of benzene rings is 1. The fourth-order valence-electron chi connectivity index (χ4n) is 2.46. The van der Waals surface area contributed by atoms with Gasteiger partial charge >= 0.3 is 0 Å². The van der Waals surface area contributed by atoms with E-state index in [0.29, 0.717) is 35.1 Å². The Bertz CT molecular complexity index is 993. The maximum atomic E-state index is 12.3. The first-order valence-corrected chi connectivity index (χ1v) is 8.66. The van der Waals surface area contributed by atoms with Crippen LogP contribution in [0.4, 0.5) is 11.4 Å². The van der Waals surface area contributed by atoms with Crippen molar-refractivity contribution >= 4 is 28.9 Å². The second-order valence-electron chi connectivity index (χ2n) is 5.55. The standard InChI is InChI=1S/C17H18ClN7O3/c1-4-28-24-17(26)14-12(8-13(18)21-22-14)20-11-7-5-6-10(15(11)27-3)16-19-9-25(2)23-16/h5-9H,4H2,1-3H3,(H,20,21)(H,24,26). The summed E-state index contributed by atoms with van der Waals surface area (Å²) in [5.74, 6) is 0.441. The Hall–Kier alpha value is -3.24. The van der Waals surface area contributed by atoms with Crippen molar-refractivity contribution in [3.8, 4) is 17.1 Å². The van der Waals surface area contributed by atoms with Gasteiger partial charge in [0, 0.05) is 13.1 Å². The Morgan fingerprint density at radius 2 is 2.11 bits per heavy atom. The Morgan fingerprint density at radius 3 is 2.79 bits per heavy atom. The fourth-order valence-corrected chi connectivity index (χ4v) is 2.60. The fraction of sp³-hybridized carbons (Fsp3) is 0.235. The number of carbonyl (C=O) groups is 1. The van der Waals surface area contributed by atoms with E-state index in [1.165, 1.54) is 13.2 Å². The van der Waals surface area contributed by atoms with Crippen molar-refractivity contribution in [1.82, 2.24) is 30.4 Å². The van der Waals surface area contributed by atoms with Crippen LogP contribution in [0.2, 0.25) is 5.15 Å². The van der Waals surface area contributed by atoms with E-state index in [2.05, 4.69) is 31.1 Å². The Balaban J connectivity index is 2.00. The molecule has 1 aromatic carbocycles. The molecule has 1 amide bonds. The van der Waals surface area contributed by atoms with E-state index in [-0.39, 0.29) is 10.8 Å². The van der Waals surface area contributed by atoms with Crippen LogP contribution >= 0.6 is 11.6 Å². The number of methoxy groups -OCH3 is 1. The van der Waals surface area contributed by atoms with Gasteiger partial charge in [-0.2, -0.15) is 5.10 Å². The first-order valence-electron chi connectivity index (χ1n) is 8.28. The molecule has 0 aliphatic heterocycles. The second-order valence-corrected chi connectivity index (χ2v) is 5.93. The zero-order valence-electron chi connectivity index (χ0n) is 15.4. The van der Waals surface area contributed by atoms with Crippen molar-refractivity contribution < 1.29 is 14.4 Å². The third-order valence-electron chi connectivity index (χ3n) is 3.62. The maximum Gasteiger partial charge on any atom is 0.297 e. The molecule has 10 nitrogen and oxygen atoms in total. The average molecular weight is 404 g/mol. The summed E-state index contributed by atoms with van der Waals surface area (Å²) in [7, 11) is 3.31. The lowest BCUT2D eigenvalue weighted by molar-refractivity contribution is 0.0360. The first kappa shape index (κ1) is 19.5. The molecule has 2 aromatic heterocycles. The highest BCUT2D eigenvalue weighted by Gasteiger charge is 2.19. The molecule has 28 heavy (non-hydrogen) atoms. The molecule has 0 unspecified atom stereocenters. The number of hydroxylamine groups is 1. The molecule has 0 spiro atoms. The van der Waals surface area contributed by atoms with Crippen LogP contribution in [0, 0.1) is 0 Å². The molecule has 0 radical (unpaired) electrons. The Kier molecular flexibility index (Phi) is 6.02. The van der Waals surface area contributed by atoms with Crippen LogP contribution in [-0.2, 0) is 11.9 Å². The lowest BCUT2D eigenvalue weighted by Gasteiger charge is -2.15. The number of para-hydroxylation sites is 1. The van der Waals surface area contributed by atoms with Crippen molar-refractivity contribution in [3.05, 3.63) is 41.4 Å². The molecule has 3 rings (SSSR count). The summed E-state index contributed by atoms with van der Waals surface area (Å²) in [6, 6.07) is 6.91. The number of nitrogens with zero attached hydrogens (tertiary/aromatic N) is 5. The average Bonchev–Trinajstić information content (AvgIpc) is 3.12. The van der Waals surface area contributed by atoms with Crippen LogP contribution in [0.25, 0.3) is 11.4 Å². The molecular weight excluding hydrogens is 386 g/mol. The molecule has 0 aliphatic carbocycles. The molecule has 2 N–H and O–H groups in total.